The fourth-order valence-corrected chi connectivity index (χ4v) is 2.64. The van der Waals surface area contributed by atoms with Crippen molar-refractivity contribution in [1.82, 2.24) is 5.43 Å². The molecule has 0 unspecified atom stereocenters. The number of carbonyl (C=O) groups is 2. The molecule has 0 atom stereocenters. The van der Waals surface area contributed by atoms with Gasteiger partial charge in [0.25, 0.3) is 0 Å². The lowest BCUT2D eigenvalue weighted by Gasteiger charge is -2.27. The van der Waals surface area contributed by atoms with Gasteiger partial charge in [0.05, 0.1) is 12.8 Å². The summed E-state index contributed by atoms with van der Waals surface area (Å²) < 4.78 is 94.4. The summed E-state index contributed by atoms with van der Waals surface area (Å²) in [6.07, 6.45) is -6.05. The average molecular weight is 507 g/mol. The number of aryl methyl sites for hydroxylation is 1. The van der Waals surface area contributed by atoms with Crippen molar-refractivity contribution in [3.8, 4) is 5.75 Å². The van der Waals surface area contributed by atoms with E-state index in [2.05, 4.69) is 10.5 Å². The molecule has 2 aromatic carbocycles. The highest BCUT2D eigenvalue weighted by Crippen LogP contribution is 2.46. The molecule has 0 saturated heterocycles. The van der Waals surface area contributed by atoms with Crippen LogP contribution >= 0.6 is 0 Å². The van der Waals surface area contributed by atoms with Crippen LogP contribution in [0, 0.1) is 0 Å². The van der Waals surface area contributed by atoms with E-state index in [9.17, 15) is 40.3 Å². The molecule has 2 N–H and O–H groups in total. The van der Waals surface area contributed by atoms with Gasteiger partial charge in [-0.15, -0.1) is 0 Å². The van der Waals surface area contributed by atoms with E-state index in [1.54, 1.807) is 24.3 Å². The maximum atomic E-state index is 13.4. The van der Waals surface area contributed by atoms with E-state index in [4.69, 9.17) is 4.74 Å². The molecular weight excluding hydrogens is 487 g/mol. The summed E-state index contributed by atoms with van der Waals surface area (Å²) in [5.74, 6) is -15.1. The first-order valence-electron chi connectivity index (χ1n) is 9.89. The van der Waals surface area contributed by atoms with E-state index in [0.717, 1.165) is 17.7 Å². The highest BCUT2D eigenvalue weighted by atomic mass is 19.4. The lowest BCUT2D eigenvalue weighted by Crippen LogP contribution is -2.57. The molecule has 13 heteroatoms. The van der Waals surface area contributed by atoms with Crippen molar-refractivity contribution in [2.75, 3.05) is 12.4 Å². The van der Waals surface area contributed by atoms with Crippen molar-refractivity contribution in [2.45, 2.75) is 37.8 Å². The van der Waals surface area contributed by atoms with E-state index < -0.39 is 35.5 Å². The van der Waals surface area contributed by atoms with E-state index >= 15 is 0 Å². The average Bonchev–Trinajstić information content (AvgIpc) is 2.81. The Hall–Kier alpha value is -3.64. The van der Waals surface area contributed by atoms with Gasteiger partial charge in [0.15, 0.2) is 0 Å². The molecule has 35 heavy (non-hydrogen) atoms. The molecule has 2 aromatic rings. The fourth-order valence-electron chi connectivity index (χ4n) is 2.64. The van der Waals surface area contributed by atoms with Gasteiger partial charge in [0.2, 0.25) is 5.91 Å². The van der Waals surface area contributed by atoms with Crippen molar-refractivity contribution >= 4 is 23.2 Å². The van der Waals surface area contributed by atoms with Crippen LogP contribution in [0.1, 0.15) is 24.5 Å². The molecular formula is C22H20F7N3O3. The Kier molecular flexibility index (Phi) is 8.47. The number of alkyl halides is 7. The maximum absolute atomic E-state index is 13.4. The molecule has 0 spiro atoms. The van der Waals surface area contributed by atoms with Crippen LogP contribution in [0.25, 0.3) is 0 Å². The fraction of sp³-hybridized carbons (Fsp3) is 0.318. The van der Waals surface area contributed by atoms with Crippen LogP contribution in [0.3, 0.4) is 0 Å². The molecule has 0 heterocycles. The van der Waals surface area contributed by atoms with Gasteiger partial charge < -0.3 is 10.1 Å². The monoisotopic (exact) mass is 507 g/mol. The van der Waals surface area contributed by atoms with Crippen molar-refractivity contribution in [2.24, 2.45) is 5.10 Å². The minimum Gasteiger partial charge on any atom is -0.497 e. The molecule has 6 nitrogen and oxygen atoms in total. The Bertz CT molecular complexity index is 1070. The summed E-state index contributed by atoms with van der Waals surface area (Å²) in [6, 6.07) is 11.6. The standard InChI is InChI=1S/C22H20F7N3O3/c1-13(31-32-18(33)12-5-14-3-10-17(35-2)11-4-14)15-6-8-16(9-7-15)30-19(34)20(23,24)21(25,26)22(27,28)29/h3-4,6-11H,5,12H2,1-2H3,(H,30,34)(H,32,33)/b31-13-. The van der Waals surface area contributed by atoms with Crippen LogP contribution in [-0.2, 0) is 16.0 Å². The summed E-state index contributed by atoms with van der Waals surface area (Å²) in [5, 5.41) is 5.22. The highest BCUT2D eigenvalue weighted by Gasteiger charge is 2.76. The molecule has 0 bridgehead atoms. The van der Waals surface area contributed by atoms with Crippen molar-refractivity contribution in [1.29, 1.82) is 0 Å². The van der Waals surface area contributed by atoms with Crippen molar-refractivity contribution < 1.29 is 45.1 Å². The Labute approximate surface area is 195 Å². The number of amides is 2. The minimum absolute atomic E-state index is 0.130. The Balaban J connectivity index is 1.95. The number of carbonyl (C=O) groups excluding carboxylic acids is 2. The number of anilines is 1. The first-order chi connectivity index (χ1) is 16.2. The molecule has 0 aliphatic rings. The Morgan fingerprint density at radius 1 is 0.914 bits per heavy atom. The van der Waals surface area contributed by atoms with Gasteiger partial charge in [-0.2, -0.15) is 35.8 Å². The number of ether oxygens (including phenoxy) is 1. The largest absolute Gasteiger partial charge is 0.497 e. The van der Waals surface area contributed by atoms with Gasteiger partial charge in [-0.05, 0) is 48.7 Å². The topological polar surface area (TPSA) is 79.8 Å². The van der Waals surface area contributed by atoms with E-state index in [0.29, 0.717) is 17.7 Å². The van der Waals surface area contributed by atoms with Crippen LogP contribution < -0.4 is 15.5 Å². The van der Waals surface area contributed by atoms with Crippen molar-refractivity contribution in [3.63, 3.8) is 0 Å². The van der Waals surface area contributed by atoms with Gasteiger partial charge >= 0.3 is 23.9 Å². The minimum atomic E-state index is -6.62. The SMILES string of the molecule is COc1ccc(CCC(=O)N/N=C(/C)c2ccc(NC(=O)C(F)(F)C(F)(F)C(F)(F)F)cc2)cc1. The van der Waals surface area contributed by atoms with Gasteiger partial charge in [-0.3, -0.25) is 9.59 Å². The zero-order valence-corrected chi connectivity index (χ0v) is 18.4. The van der Waals surface area contributed by atoms with Crippen LogP contribution in [0.5, 0.6) is 5.75 Å². The summed E-state index contributed by atoms with van der Waals surface area (Å²) in [5.41, 5.74) is 3.41. The number of hydrazone groups is 1. The van der Waals surface area contributed by atoms with Gasteiger partial charge in [0.1, 0.15) is 5.75 Å². The first kappa shape index (κ1) is 27.6. The zero-order chi connectivity index (χ0) is 26.4. The third kappa shape index (κ3) is 6.70. The third-order valence-corrected chi connectivity index (χ3v) is 4.74. The Morgan fingerprint density at radius 2 is 1.49 bits per heavy atom. The quantitative estimate of drug-likeness (QED) is 0.287. The molecule has 2 amide bonds. The number of methoxy groups -OCH3 is 1. The third-order valence-electron chi connectivity index (χ3n) is 4.74. The number of benzene rings is 2. The predicted octanol–water partition coefficient (Wildman–Crippen LogP) is 4.94. The second-order valence-electron chi connectivity index (χ2n) is 7.26. The molecule has 0 radical (unpaired) electrons. The van der Waals surface area contributed by atoms with Gasteiger partial charge in [-0.1, -0.05) is 24.3 Å². The molecule has 0 aliphatic carbocycles. The summed E-state index contributed by atoms with van der Waals surface area (Å²) in [7, 11) is 1.53. The lowest BCUT2D eigenvalue weighted by atomic mass is 10.1. The van der Waals surface area contributed by atoms with Crippen molar-refractivity contribution in [3.05, 3.63) is 59.7 Å². The number of hydrogen-bond acceptors (Lipinski definition) is 4. The van der Waals surface area contributed by atoms with Crippen LogP contribution in [0.2, 0.25) is 0 Å². The second kappa shape index (κ2) is 10.7. The Morgan fingerprint density at radius 3 is 2.00 bits per heavy atom. The highest BCUT2D eigenvalue weighted by molar-refractivity contribution is 6.00. The summed E-state index contributed by atoms with van der Waals surface area (Å²) in [6.45, 7) is 1.50. The van der Waals surface area contributed by atoms with E-state index in [-0.39, 0.29) is 12.1 Å². The number of halogens is 7. The molecule has 190 valence electrons. The number of nitrogens with zero attached hydrogens (tertiary/aromatic N) is 1. The molecule has 0 aliphatic heterocycles. The number of hydrogen-bond donors (Lipinski definition) is 2. The predicted molar refractivity (Wildman–Crippen MR) is 113 cm³/mol. The molecule has 0 aromatic heterocycles. The lowest BCUT2D eigenvalue weighted by molar-refractivity contribution is -0.343. The smallest absolute Gasteiger partial charge is 0.460 e. The van der Waals surface area contributed by atoms with Gasteiger partial charge in [0, 0.05) is 12.1 Å². The molecule has 0 saturated carbocycles. The maximum Gasteiger partial charge on any atom is 0.460 e. The number of rotatable bonds is 9. The molecule has 2 rings (SSSR count). The first-order valence-corrected chi connectivity index (χ1v) is 9.89. The van der Waals surface area contributed by atoms with Crippen LogP contribution in [-0.4, -0.2) is 42.7 Å². The van der Waals surface area contributed by atoms with Gasteiger partial charge in [-0.25, -0.2) is 5.43 Å². The summed E-state index contributed by atoms with van der Waals surface area (Å²) >= 11 is 0. The van der Waals surface area contributed by atoms with E-state index in [1.807, 2.05) is 0 Å². The van der Waals surface area contributed by atoms with Crippen LogP contribution in [0.15, 0.2) is 53.6 Å². The molecule has 0 fully saturated rings. The second-order valence-corrected chi connectivity index (χ2v) is 7.26. The van der Waals surface area contributed by atoms with E-state index in [1.165, 1.54) is 31.5 Å². The summed E-state index contributed by atoms with van der Waals surface area (Å²) in [4.78, 5) is 23.4. The zero-order valence-electron chi connectivity index (χ0n) is 18.4. The normalized spacial score (nSPS) is 12.8. The van der Waals surface area contributed by atoms with Crippen LogP contribution in [0.4, 0.5) is 36.4 Å². The number of nitrogens with one attached hydrogen (secondary N) is 2.